The van der Waals surface area contributed by atoms with Gasteiger partial charge >= 0.3 is 0 Å². The van der Waals surface area contributed by atoms with Crippen LogP contribution in [0.1, 0.15) is 26.6 Å². The predicted octanol–water partition coefficient (Wildman–Crippen LogP) is 0.838. The summed E-state index contributed by atoms with van der Waals surface area (Å²) < 4.78 is 2.08. The molecule has 4 heteroatoms. The second kappa shape index (κ2) is 4.97. The Hall–Kier alpha value is -0.900. The van der Waals surface area contributed by atoms with Gasteiger partial charge in [-0.05, 0) is 20.4 Å². The lowest BCUT2D eigenvalue weighted by Gasteiger charge is -2.11. The van der Waals surface area contributed by atoms with Crippen LogP contribution in [0.25, 0.3) is 0 Å². The number of nitrogens with zero attached hydrogens (tertiary/aromatic N) is 3. The van der Waals surface area contributed by atoms with Gasteiger partial charge in [0.2, 0.25) is 0 Å². The highest BCUT2D eigenvalue weighted by Gasteiger charge is 2.07. The van der Waals surface area contributed by atoms with Gasteiger partial charge in [-0.15, -0.1) is 10.2 Å². The van der Waals surface area contributed by atoms with Gasteiger partial charge in [-0.3, -0.25) is 0 Å². The van der Waals surface area contributed by atoms with Crippen molar-refractivity contribution in [3.05, 3.63) is 12.2 Å². The van der Waals surface area contributed by atoms with Gasteiger partial charge in [0, 0.05) is 19.0 Å². The Morgan fingerprint density at radius 2 is 2.31 bits per heavy atom. The largest absolute Gasteiger partial charge is 0.318 e. The highest BCUT2D eigenvalue weighted by Crippen LogP contribution is 1.99. The summed E-state index contributed by atoms with van der Waals surface area (Å²) in [5.41, 5.74) is 0. The van der Waals surface area contributed by atoms with Gasteiger partial charge in [0.1, 0.15) is 12.2 Å². The van der Waals surface area contributed by atoms with Crippen molar-refractivity contribution in [1.29, 1.82) is 0 Å². The van der Waals surface area contributed by atoms with Crippen molar-refractivity contribution in [2.75, 3.05) is 6.54 Å². The smallest absolute Gasteiger partial charge is 0.134 e. The zero-order chi connectivity index (χ0) is 9.68. The molecule has 0 amide bonds. The molecule has 0 aliphatic heterocycles. The number of hydrogen-bond donors (Lipinski definition) is 1. The van der Waals surface area contributed by atoms with Crippen molar-refractivity contribution in [2.45, 2.75) is 39.8 Å². The number of hydrogen-bond acceptors (Lipinski definition) is 3. The van der Waals surface area contributed by atoms with Crippen molar-refractivity contribution < 1.29 is 0 Å². The van der Waals surface area contributed by atoms with Crippen LogP contribution in [-0.4, -0.2) is 27.4 Å². The third kappa shape index (κ3) is 2.81. The minimum absolute atomic E-state index is 0.472. The summed E-state index contributed by atoms with van der Waals surface area (Å²) in [7, 11) is 0. The molecule has 74 valence electrons. The van der Waals surface area contributed by atoms with E-state index >= 15 is 0 Å². The Morgan fingerprint density at radius 3 is 2.92 bits per heavy atom. The predicted molar refractivity (Wildman–Crippen MR) is 52.5 cm³/mol. The Kier molecular flexibility index (Phi) is 3.89. The molecule has 0 radical (unpaired) electrons. The third-order valence-corrected chi connectivity index (χ3v) is 2.08. The van der Waals surface area contributed by atoms with E-state index in [1.54, 1.807) is 6.33 Å². The fraction of sp³-hybridized carbons (Fsp3) is 0.778. The van der Waals surface area contributed by atoms with Gasteiger partial charge in [0.05, 0.1) is 0 Å². The molecule has 0 fully saturated rings. The van der Waals surface area contributed by atoms with Crippen LogP contribution in [0.4, 0.5) is 0 Å². The van der Waals surface area contributed by atoms with Gasteiger partial charge in [-0.25, -0.2) is 0 Å². The average molecular weight is 182 g/mol. The summed E-state index contributed by atoms with van der Waals surface area (Å²) >= 11 is 0. The minimum atomic E-state index is 0.472. The van der Waals surface area contributed by atoms with E-state index in [1.165, 1.54) is 0 Å². The Balaban J connectivity index is 2.52. The maximum Gasteiger partial charge on any atom is 0.134 e. The number of rotatable bonds is 5. The molecule has 1 atom stereocenters. The third-order valence-electron chi connectivity index (χ3n) is 2.08. The van der Waals surface area contributed by atoms with Crippen molar-refractivity contribution in [1.82, 2.24) is 20.1 Å². The van der Waals surface area contributed by atoms with Crippen molar-refractivity contribution in [3.63, 3.8) is 0 Å². The second-order valence-electron chi connectivity index (χ2n) is 3.20. The van der Waals surface area contributed by atoms with E-state index in [-0.39, 0.29) is 0 Å². The molecule has 0 aliphatic carbocycles. The van der Waals surface area contributed by atoms with Crippen LogP contribution < -0.4 is 5.32 Å². The van der Waals surface area contributed by atoms with Crippen LogP contribution in [0.15, 0.2) is 6.33 Å². The number of likely N-dealkylation sites (N-methyl/N-ethyl adjacent to an activating group) is 1. The summed E-state index contributed by atoms with van der Waals surface area (Å²) in [5.74, 6) is 1.07. The van der Waals surface area contributed by atoms with Crippen LogP contribution in [0, 0.1) is 0 Å². The highest BCUT2D eigenvalue weighted by molar-refractivity contribution is 4.88. The van der Waals surface area contributed by atoms with Crippen LogP contribution in [0.5, 0.6) is 0 Å². The fourth-order valence-electron chi connectivity index (χ4n) is 1.40. The monoisotopic (exact) mass is 182 g/mol. The molecular weight excluding hydrogens is 164 g/mol. The van der Waals surface area contributed by atoms with E-state index in [4.69, 9.17) is 0 Å². The van der Waals surface area contributed by atoms with Crippen LogP contribution in [0.3, 0.4) is 0 Å². The Labute approximate surface area is 79.4 Å². The number of aryl methyl sites for hydroxylation is 1. The minimum Gasteiger partial charge on any atom is -0.318 e. The molecular formula is C9H18N4. The fourth-order valence-corrected chi connectivity index (χ4v) is 1.40. The van der Waals surface area contributed by atoms with Crippen molar-refractivity contribution in [3.8, 4) is 0 Å². The van der Waals surface area contributed by atoms with E-state index in [0.29, 0.717) is 6.04 Å². The molecule has 1 aromatic heterocycles. The first-order chi connectivity index (χ1) is 6.27. The lowest BCUT2D eigenvalue weighted by atomic mass is 10.2. The summed E-state index contributed by atoms with van der Waals surface area (Å²) in [6.07, 6.45) is 2.73. The summed E-state index contributed by atoms with van der Waals surface area (Å²) in [4.78, 5) is 0. The quantitative estimate of drug-likeness (QED) is 0.733. The van der Waals surface area contributed by atoms with E-state index in [1.807, 2.05) is 0 Å². The molecule has 0 saturated carbocycles. The molecule has 0 bridgehead atoms. The molecule has 1 aromatic rings. The standard InChI is InChI=1S/C9H18N4/c1-4-10-8(3)6-9-12-11-7-13(9)5-2/h7-8,10H,4-6H2,1-3H3. The molecule has 0 spiro atoms. The van der Waals surface area contributed by atoms with Crippen LogP contribution in [-0.2, 0) is 13.0 Å². The van der Waals surface area contributed by atoms with Gasteiger partial charge in [0.15, 0.2) is 0 Å². The molecule has 0 aromatic carbocycles. The first-order valence-corrected chi connectivity index (χ1v) is 4.88. The summed E-state index contributed by atoms with van der Waals surface area (Å²) in [6.45, 7) is 8.33. The van der Waals surface area contributed by atoms with E-state index in [9.17, 15) is 0 Å². The molecule has 1 heterocycles. The number of aromatic nitrogens is 3. The maximum absolute atomic E-state index is 4.08. The topological polar surface area (TPSA) is 42.7 Å². The van der Waals surface area contributed by atoms with Gasteiger partial charge < -0.3 is 9.88 Å². The zero-order valence-corrected chi connectivity index (χ0v) is 8.62. The van der Waals surface area contributed by atoms with Crippen LogP contribution >= 0.6 is 0 Å². The molecule has 1 rings (SSSR count). The zero-order valence-electron chi connectivity index (χ0n) is 8.62. The highest BCUT2D eigenvalue weighted by atomic mass is 15.3. The summed E-state index contributed by atoms with van der Waals surface area (Å²) in [5, 5.41) is 11.3. The van der Waals surface area contributed by atoms with Gasteiger partial charge in [-0.2, -0.15) is 0 Å². The lowest BCUT2D eigenvalue weighted by Crippen LogP contribution is -2.28. The SMILES string of the molecule is CCNC(C)Cc1nncn1CC. The van der Waals surface area contributed by atoms with E-state index in [2.05, 4.69) is 40.9 Å². The normalized spacial score (nSPS) is 13.2. The maximum atomic E-state index is 4.08. The number of nitrogens with one attached hydrogen (secondary N) is 1. The van der Waals surface area contributed by atoms with Crippen molar-refractivity contribution in [2.24, 2.45) is 0 Å². The Bertz CT molecular complexity index is 244. The molecule has 13 heavy (non-hydrogen) atoms. The molecule has 0 aliphatic rings. The molecule has 0 saturated heterocycles. The van der Waals surface area contributed by atoms with E-state index in [0.717, 1.165) is 25.3 Å². The van der Waals surface area contributed by atoms with Gasteiger partial charge in [0.25, 0.3) is 0 Å². The van der Waals surface area contributed by atoms with Crippen molar-refractivity contribution >= 4 is 0 Å². The lowest BCUT2D eigenvalue weighted by molar-refractivity contribution is 0.535. The average Bonchev–Trinajstić information content (AvgIpc) is 2.52. The molecule has 4 nitrogen and oxygen atoms in total. The first-order valence-electron chi connectivity index (χ1n) is 4.88. The first kappa shape index (κ1) is 10.2. The molecule has 1 N–H and O–H groups in total. The van der Waals surface area contributed by atoms with Crippen LogP contribution in [0.2, 0.25) is 0 Å². The summed E-state index contributed by atoms with van der Waals surface area (Å²) in [6, 6.07) is 0.472. The van der Waals surface area contributed by atoms with Gasteiger partial charge in [-0.1, -0.05) is 6.92 Å². The Morgan fingerprint density at radius 1 is 1.54 bits per heavy atom. The second-order valence-corrected chi connectivity index (χ2v) is 3.20. The van der Waals surface area contributed by atoms with E-state index < -0.39 is 0 Å². The molecule has 1 unspecified atom stereocenters.